The van der Waals surface area contributed by atoms with Crippen molar-refractivity contribution in [3.05, 3.63) is 12.2 Å². The van der Waals surface area contributed by atoms with Gasteiger partial charge in [0.25, 0.3) is 0 Å². The molecule has 15 heavy (non-hydrogen) atoms. The van der Waals surface area contributed by atoms with E-state index in [-0.39, 0.29) is 18.1 Å². The van der Waals surface area contributed by atoms with Gasteiger partial charge in [-0.2, -0.15) is 0 Å². The third-order valence-corrected chi connectivity index (χ3v) is 2.59. The topological polar surface area (TPSA) is 50.4 Å². The number of nitrogens with one attached hydrogen (secondary N) is 2. The molecule has 0 aliphatic carbocycles. The number of carbonyl (C=O) groups excluding carboxylic acids is 1. The van der Waals surface area contributed by atoms with Crippen LogP contribution in [0.25, 0.3) is 0 Å². The van der Waals surface area contributed by atoms with E-state index in [1.54, 1.807) is 7.11 Å². The molecule has 4 heteroatoms. The summed E-state index contributed by atoms with van der Waals surface area (Å²) in [4.78, 5) is 11.6. The Labute approximate surface area is 91.1 Å². The number of ether oxygens (including phenoxy) is 1. The Bertz CT molecular complexity index is 229. The second-order valence-electron chi connectivity index (χ2n) is 3.70. The molecule has 2 atom stereocenters. The first-order chi connectivity index (χ1) is 7.27. The zero-order valence-corrected chi connectivity index (χ0v) is 9.45. The molecule has 0 aromatic rings. The molecule has 1 aliphatic rings. The maximum Gasteiger partial charge on any atom is 0.237 e. The van der Waals surface area contributed by atoms with Gasteiger partial charge in [-0.25, -0.2) is 0 Å². The zero-order valence-electron chi connectivity index (χ0n) is 9.45. The summed E-state index contributed by atoms with van der Waals surface area (Å²) in [6.07, 6.45) is 5.87. The predicted molar refractivity (Wildman–Crippen MR) is 59.6 cm³/mol. The molecule has 86 valence electrons. The summed E-state index contributed by atoms with van der Waals surface area (Å²) in [5, 5.41) is 6.04. The highest BCUT2D eigenvalue weighted by molar-refractivity contribution is 5.82. The average Bonchev–Trinajstić information content (AvgIpc) is 2.72. The van der Waals surface area contributed by atoms with E-state index in [4.69, 9.17) is 4.74 Å². The summed E-state index contributed by atoms with van der Waals surface area (Å²) in [6, 6.07) is -0.0828. The first-order valence-electron chi connectivity index (χ1n) is 5.43. The van der Waals surface area contributed by atoms with E-state index in [0.29, 0.717) is 6.54 Å². The third-order valence-electron chi connectivity index (χ3n) is 2.59. The van der Waals surface area contributed by atoms with Crippen molar-refractivity contribution in [2.45, 2.75) is 31.9 Å². The summed E-state index contributed by atoms with van der Waals surface area (Å²) in [5.41, 5.74) is 0. The lowest BCUT2D eigenvalue weighted by Crippen LogP contribution is -2.40. The van der Waals surface area contributed by atoms with E-state index in [9.17, 15) is 4.79 Å². The van der Waals surface area contributed by atoms with Gasteiger partial charge < -0.3 is 15.4 Å². The molecule has 4 nitrogen and oxygen atoms in total. The standard InChI is InChI=1S/C11H20N2O2/c1-3-4-5-6-12-11(14)10-7-9(15-2)8-13-10/h3-4,9-10,13H,5-8H2,1-2H3,(H,12,14)/b4-3+. The minimum atomic E-state index is -0.0828. The summed E-state index contributed by atoms with van der Waals surface area (Å²) in [6.45, 7) is 3.45. The fraction of sp³-hybridized carbons (Fsp3) is 0.727. The normalized spacial score (nSPS) is 26.0. The summed E-state index contributed by atoms with van der Waals surface area (Å²) in [5.74, 6) is 0.0825. The monoisotopic (exact) mass is 212 g/mol. The molecule has 0 aromatic carbocycles. The van der Waals surface area contributed by atoms with Gasteiger partial charge in [-0.05, 0) is 19.8 Å². The molecule has 1 saturated heterocycles. The van der Waals surface area contributed by atoms with E-state index in [1.807, 2.05) is 19.1 Å². The zero-order chi connectivity index (χ0) is 11.1. The van der Waals surface area contributed by atoms with Crippen molar-refractivity contribution < 1.29 is 9.53 Å². The molecule has 0 spiro atoms. The molecule has 0 bridgehead atoms. The Balaban J connectivity index is 2.17. The molecule has 1 aliphatic heterocycles. The van der Waals surface area contributed by atoms with E-state index < -0.39 is 0 Å². The Morgan fingerprint density at radius 3 is 3.07 bits per heavy atom. The highest BCUT2D eigenvalue weighted by Crippen LogP contribution is 2.09. The molecule has 1 rings (SSSR count). The Morgan fingerprint density at radius 2 is 2.47 bits per heavy atom. The number of carbonyl (C=O) groups is 1. The maximum atomic E-state index is 11.6. The van der Waals surface area contributed by atoms with Crippen LogP contribution in [0, 0.1) is 0 Å². The van der Waals surface area contributed by atoms with Gasteiger partial charge in [0.2, 0.25) is 5.91 Å². The smallest absolute Gasteiger partial charge is 0.237 e. The fourth-order valence-electron chi connectivity index (χ4n) is 1.65. The molecule has 2 N–H and O–H groups in total. The molecular formula is C11H20N2O2. The molecule has 0 aromatic heterocycles. The highest BCUT2D eigenvalue weighted by atomic mass is 16.5. The molecule has 2 unspecified atom stereocenters. The number of hydrogen-bond acceptors (Lipinski definition) is 3. The van der Waals surface area contributed by atoms with Crippen LogP contribution in [0.15, 0.2) is 12.2 Å². The maximum absolute atomic E-state index is 11.6. The third kappa shape index (κ3) is 4.01. The van der Waals surface area contributed by atoms with Gasteiger partial charge in [0.05, 0.1) is 12.1 Å². The van der Waals surface area contributed by atoms with Crippen LogP contribution in [0.1, 0.15) is 19.8 Å². The molecule has 0 radical (unpaired) electrons. The average molecular weight is 212 g/mol. The lowest BCUT2D eigenvalue weighted by molar-refractivity contribution is -0.122. The van der Waals surface area contributed by atoms with Crippen LogP contribution in [0.3, 0.4) is 0 Å². The molecular weight excluding hydrogens is 192 g/mol. The highest BCUT2D eigenvalue weighted by Gasteiger charge is 2.28. The van der Waals surface area contributed by atoms with Gasteiger partial charge in [-0.1, -0.05) is 12.2 Å². The minimum absolute atomic E-state index is 0.0825. The van der Waals surface area contributed by atoms with E-state index in [0.717, 1.165) is 19.4 Å². The summed E-state index contributed by atoms with van der Waals surface area (Å²) < 4.78 is 5.18. The van der Waals surface area contributed by atoms with Gasteiger partial charge in [-0.3, -0.25) is 4.79 Å². The predicted octanol–water partition coefficient (Wildman–Crippen LogP) is 0.446. The Hall–Kier alpha value is -0.870. The number of hydrogen-bond donors (Lipinski definition) is 2. The first-order valence-corrected chi connectivity index (χ1v) is 5.43. The Morgan fingerprint density at radius 1 is 1.67 bits per heavy atom. The van der Waals surface area contributed by atoms with E-state index in [1.165, 1.54) is 0 Å². The van der Waals surface area contributed by atoms with Crippen LogP contribution in [-0.4, -0.2) is 38.3 Å². The second kappa shape index (κ2) is 6.58. The lowest BCUT2D eigenvalue weighted by Gasteiger charge is -2.10. The lowest BCUT2D eigenvalue weighted by atomic mass is 10.2. The number of amides is 1. The molecule has 1 amide bonds. The van der Waals surface area contributed by atoms with Gasteiger partial charge in [0.15, 0.2) is 0 Å². The van der Waals surface area contributed by atoms with Crippen molar-refractivity contribution in [1.82, 2.24) is 10.6 Å². The van der Waals surface area contributed by atoms with Crippen LogP contribution in [-0.2, 0) is 9.53 Å². The molecule has 1 heterocycles. The van der Waals surface area contributed by atoms with Gasteiger partial charge in [0, 0.05) is 20.2 Å². The van der Waals surface area contributed by atoms with Gasteiger partial charge in [-0.15, -0.1) is 0 Å². The van der Waals surface area contributed by atoms with Crippen LogP contribution in [0.2, 0.25) is 0 Å². The van der Waals surface area contributed by atoms with Crippen molar-refractivity contribution in [2.24, 2.45) is 0 Å². The van der Waals surface area contributed by atoms with Crippen molar-refractivity contribution in [3.63, 3.8) is 0 Å². The van der Waals surface area contributed by atoms with Crippen molar-refractivity contribution in [2.75, 3.05) is 20.2 Å². The fourth-order valence-corrected chi connectivity index (χ4v) is 1.65. The largest absolute Gasteiger partial charge is 0.380 e. The van der Waals surface area contributed by atoms with E-state index in [2.05, 4.69) is 10.6 Å². The summed E-state index contributed by atoms with van der Waals surface area (Å²) in [7, 11) is 1.68. The van der Waals surface area contributed by atoms with Gasteiger partial charge in [0.1, 0.15) is 0 Å². The number of rotatable bonds is 5. The molecule has 0 saturated carbocycles. The van der Waals surface area contributed by atoms with Crippen molar-refractivity contribution >= 4 is 5.91 Å². The van der Waals surface area contributed by atoms with Crippen molar-refractivity contribution in [1.29, 1.82) is 0 Å². The number of methoxy groups -OCH3 is 1. The van der Waals surface area contributed by atoms with Crippen molar-refractivity contribution in [3.8, 4) is 0 Å². The van der Waals surface area contributed by atoms with Crippen LogP contribution < -0.4 is 10.6 Å². The minimum Gasteiger partial charge on any atom is -0.380 e. The second-order valence-corrected chi connectivity index (χ2v) is 3.70. The van der Waals surface area contributed by atoms with Crippen LogP contribution in [0.5, 0.6) is 0 Å². The SMILES string of the molecule is C/C=C/CCNC(=O)C1CC(OC)CN1. The Kier molecular flexibility index (Phi) is 5.36. The quantitative estimate of drug-likeness (QED) is 0.514. The number of allylic oxidation sites excluding steroid dienone is 1. The first kappa shape index (κ1) is 12.2. The van der Waals surface area contributed by atoms with E-state index >= 15 is 0 Å². The summed E-state index contributed by atoms with van der Waals surface area (Å²) >= 11 is 0. The van der Waals surface area contributed by atoms with Gasteiger partial charge >= 0.3 is 0 Å². The molecule has 1 fully saturated rings. The van der Waals surface area contributed by atoms with Crippen LogP contribution >= 0.6 is 0 Å². The van der Waals surface area contributed by atoms with Crippen LogP contribution in [0.4, 0.5) is 0 Å².